The summed E-state index contributed by atoms with van der Waals surface area (Å²) in [4.78, 5) is 10.4. The number of aryl methyl sites for hydroxylation is 2. The molecule has 54 heavy (non-hydrogen) atoms. The Kier molecular flexibility index (Phi) is 9.70. The highest BCUT2D eigenvalue weighted by Gasteiger charge is 2.17. The van der Waals surface area contributed by atoms with Gasteiger partial charge < -0.3 is 4.57 Å². The summed E-state index contributed by atoms with van der Waals surface area (Å²) >= 11 is 0. The van der Waals surface area contributed by atoms with Gasteiger partial charge in [0.2, 0.25) is 0 Å². The first-order chi connectivity index (χ1) is 26.2. The van der Waals surface area contributed by atoms with Crippen LogP contribution in [-0.4, -0.2) is 16.1 Å². The summed E-state index contributed by atoms with van der Waals surface area (Å²) in [5, 5.41) is 2.51. The first-order valence-electron chi connectivity index (χ1n) is 18.4. The van der Waals surface area contributed by atoms with Crippen molar-refractivity contribution in [1.29, 1.82) is 0 Å². The van der Waals surface area contributed by atoms with Crippen molar-refractivity contribution >= 4 is 39.1 Å². The fourth-order valence-electron chi connectivity index (χ4n) is 7.67. The van der Waals surface area contributed by atoms with Gasteiger partial charge in [-0.2, -0.15) is 0 Å². The van der Waals surface area contributed by atoms with Crippen LogP contribution >= 0.6 is 0 Å². The smallest absolute Gasteiger partial charge is 0.129 e. The van der Waals surface area contributed by atoms with E-state index in [2.05, 4.69) is 193 Å². The minimum absolute atomic E-state index is 0. The number of hydrogen-bond acceptors (Lipinski definition) is 2. The molecule has 0 spiro atoms. The van der Waals surface area contributed by atoms with E-state index in [0.717, 1.165) is 47.6 Å². The lowest BCUT2D eigenvalue weighted by molar-refractivity contribution is 1.03. The third-order valence-electron chi connectivity index (χ3n) is 10.4. The van der Waals surface area contributed by atoms with E-state index in [0.29, 0.717) is 0 Å². The second kappa shape index (κ2) is 15.2. The van der Waals surface area contributed by atoms with Crippen molar-refractivity contribution in [3.8, 4) is 27.9 Å². The molecule has 262 valence electrons. The second-order valence-corrected chi connectivity index (χ2v) is 13.7. The van der Waals surface area contributed by atoms with Crippen LogP contribution in [0.2, 0.25) is 0 Å². The Balaban J connectivity index is 0.00000413. The number of hydrogen-bond donors (Lipinski definition) is 0. The highest BCUT2D eigenvalue weighted by Crippen LogP contribution is 2.37. The normalized spacial score (nSPS) is 12.8. The lowest BCUT2D eigenvalue weighted by Crippen LogP contribution is -2.05. The lowest BCUT2D eigenvalue weighted by atomic mass is 9.90. The van der Waals surface area contributed by atoms with Crippen LogP contribution in [0.4, 0.5) is 0 Å². The van der Waals surface area contributed by atoms with Gasteiger partial charge in [0, 0.05) is 29.3 Å². The van der Waals surface area contributed by atoms with E-state index in [1.54, 1.807) is 0 Å². The van der Waals surface area contributed by atoms with Gasteiger partial charge in [-0.1, -0.05) is 153 Å². The first kappa shape index (κ1) is 34.5. The van der Waals surface area contributed by atoms with Gasteiger partial charge in [0.15, 0.2) is 0 Å². The Labute approximate surface area is 318 Å². The minimum atomic E-state index is 0. The monoisotopic (exact) mass is 697 g/mol. The lowest BCUT2D eigenvalue weighted by Gasteiger charge is -2.15. The van der Waals surface area contributed by atoms with Gasteiger partial charge in [0.05, 0.1) is 22.4 Å². The quantitative estimate of drug-likeness (QED) is 0.151. The zero-order valence-corrected chi connectivity index (χ0v) is 29.8. The van der Waals surface area contributed by atoms with E-state index in [1.807, 2.05) is 0 Å². The van der Waals surface area contributed by atoms with Crippen LogP contribution in [0.1, 0.15) is 42.5 Å². The Morgan fingerprint density at radius 2 is 1.13 bits per heavy atom. The molecule has 9 rings (SSSR count). The fourth-order valence-corrected chi connectivity index (χ4v) is 7.67. The topological polar surface area (TPSA) is 29.6 Å². The van der Waals surface area contributed by atoms with E-state index in [9.17, 15) is 0 Å². The summed E-state index contributed by atoms with van der Waals surface area (Å²) in [5.74, 6) is 0.858. The highest BCUT2D eigenvalue weighted by molar-refractivity contribution is 6.11. The molecule has 0 N–H and O–H groups in total. The number of para-hydroxylation sites is 2. The minimum Gasteiger partial charge on any atom is -0.309 e. The molecule has 0 radical (unpaired) electrons. The van der Waals surface area contributed by atoms with Crippen molar-refractivity contribution in [3.63, 3.8) is 0 Å². The summed E-state index contributed by atoms with van der Waals surface area (Å²) in [6, 6.07) is 63.0. The maximum atomic E-state index is 5.21. The molecule has 8 aromatic rings. The summed E-state index contributed by atoms with van der Waals surface area (Å²) in [6.45, 7) is 2.21. The Hall–Kier alpha value is -6.58. The van der Waals surface area contributed by atoms with E-state index in [4.69, 9.17) is 9.98 Å². The van der Waals surface area contributed by atoms with E-state index < -0.39 is 0 Å². The molecule has 0 fully saturated rings. The Morgan fingerprint density at radius 3 is 1.91 bits per heavy atom. The Bertz CT molecular complexity index is 2680. The standard InChI is InChI=1S/C50H39N3.CH4/c1-35-15-11-12-22-42(35)44-33-39(40-27-31-49-45(34-40)43-23-13-14-24-48(43)53(49)41-20-9-4-10-21-41)26-25-36(44)28-32-50-51-46(37-16-5-2-6-17-37)29-30-47(52-50)38-18-7-3-8-19-38;/h2-27,29,31,33-34H,28,30,32H2,1H3;1H4. The molecule has 0 atom stereocenters. The molecule has 0 amide bonds. The van der Waals surface area contributed by atoms with Gasteiger partial charge in [-0.15, -0.1) is 0 Å². The number of allylic oxidation sites excluding steroid dienone is 1. The number of nitrogens with zero attached hydrogens (tertiary/aromatic N) is 3. The fraction of sp³-hybridized carbons (Fsp3) is 0.0980. The molecular weight excluding hydrogens is 655 g/mol. The number of benzene rings is 7. The number of rotatable bonds is 8. The zero-order chi connectivity index (χ0) is 35.6. The third kappa shape index (κ3) is 6.73. The number of aromatic nitrogens is 1. The molecule has 1 aliphatic heterocycles. The Morgan fingerprint density at radius 1 is 0.500 bits per heavy atom. The van der Waals surface area contributed by atoms with E-state index in [-0.39, 0.29) is 7.43 Å². The highest BCUT2D eigenvalue weighted by atomic mass is 15.0. The van der Waals surface area contributed by atoms with E-state index in [1.165, 1.54) is 60.9 Å². The predicted molar refractivity (Wildman–Crippen MR) is 231 cm³/mol. The number of amidine groups is 1. The van der Waals surface area contributed by atoms with Crippen molar-refractivity contribution in [3.05, 3.63) is 204 Å². The van der Waals surface area contributed by atoms with Crippen LogP contribution in [0.25, 0.3) is 55.4 Å². The zero-order valence-electron chi connectivity index (χ0n) is 29.8. The van der Waals surface area contributed by atoms with Crippen LogP contribution in [0.15, 0.2) is 192 Å². The average Bonchev–Trinajstić information content (AvgIpc) is 3.39. The van der Waals surface area contributed by atoms with Gasteiger partial charge >= 0.3 is 0 Å². The molecule has 1 aliphatic rings. The van der Waals surface area contributed by atoms with Crippen LogP contribution in [0.3, 0.4) is 0 Å². The van der Waals surface area contributed by atoms with Crippen molar-refractivity contribution in [1.82, 2.24) is 4.57 Å². The molecule has 0 saturated carbocycles. The van der Waals surface area contributed by atoms with Crippen molar-refractivity contribution in [2.24, 2.45) is 9.98 Å². The first-order valence-corrected chi connectivity index (χ1v) is 18.4. The van der Waals surface area contributed by atoms with Gasteiger partial charge in [-0.3, -0.25) is 0 Å². The summed E-state index contributed by atoms with van der Waals surface area (Å²) in [5.41, 5.74) is 15.4. The molecule has 2 heterocycles. The molecule has 0 saturated heterocycles. The molecule has 3 nitrogen and oxygen atoms in total. The van der Waals surface area contributed by atoms with Gasteiger partial charge in [0.1, 0.15) is 5.84 Å². The maximum absolute atomic E-state index is 5.21. The molecule has 0 unspecified atom stereocenters. The van der Waals surface area contributed by atoms with Gasteiger partial charge in [-0.25, -0.2) is 9.98 Å². The van der Waals surface area contributed by atoms with Crippen LogP contribution < -0.4 is 0 Å². The van der Waals surface area contributed by atoms with Crippen molar-refractivity contribution in [2.45, 2.75) is 33.6 Å². The predicted octanol–water partition coefficient (Wildman–Crippen LogP) is 13.3. The average molecular weight is 698 g/mol. The third-order valence-corrected chi connectivity index (χ3v) is 10.4. The largest absolute Gasteiger partial charge is 0.309 e. The van der Waals surface area contributed by atoms with Gasteiger partial charge in [0.25, 0.3) is 0 Å². The summed E-state index contributed by atoms with van der Waals surface area (Å²) < 4.78 is 2.37. The van der Waals surface area contributed by atoms with Crippen molar-refractivity contribution < 1.29 is 0 Å². The molecule has 0 aliphatic carbocycles. The van der Waals surface area contributed by atoms with Crippen molar-refractivity contribution in [2.75, 3.05) is 0 Å². The number of fused-ring (bicyclic) bond motifs is 3. The molecular formula is C51H43N3. The molecule has 0 bridgehead atoms. The van der Waals surface area contributed by atoms with Crippen LogP contribution in [0, 0.1) is 6.92 Å². The molecule has 1 aromatic heterocycles. The van der Waals surface area contributed by atoms with Crippen LogP contribution in [-0.2, 0) is 6.42 Å². The summed E-state index contributed by atoms with van der Waals surface area (Å²) in [7, 11) is 0. The van der Waals surface area contributed by atoms with Crippen LogP contribution in [0.5, 0.6) is 0 Å². The second-order valence-electron chi connectivity index (χ2n) is 13.7. The number of aliphatic imine (C=N–C) groups is 2. The van der Waals surface area contributed by atoms with E-state index >= 15 is 0 Å². The maximum Gasteiger partial charge on any atom is 0.129 e. The SMILES string of the molecule is C.Cc1ccccc1-c1cc(-c2ccc3c(c2)c2ccccc2n3-c2ccccc2)ccc1CCC1=NC(c2ccccc2)=CCC(c2ccccc2)=N1. The van der Waals surface area contributed by atoms with Gasteiger partial charge in [-0.05, 0) is 94.3 Å². The molecule has 7 aromatic carbocycles. The summed E-state index contributed by atoms with van der Waals surface area (Å²) in [6.07, 6.45) is 4.50. The molecule has 3 heteroatoms.